The first-order valence-corrected chi connectivity index (χ1v) is 5.51. The molecule has 1 aromatic rings. The predicted octanol–water partition coefficient (Wildman–Crippen LogP) is 1.82. The van der Waals surface area contributed by atoms with Crippen molar-refractivity contribution in [3.63, 3.8) is 0 Å². The van der Waals surface area contributed by atoms with Crippen molar-refractivity contribution in [2.24, 2.45) is 0 Å². The summed E-state index contributed by atoms with van der Waals surface area (Å²) in [6.45, 7) is 5.56. The van der Waals surface area contributed by atoms with Crippen LogP contribution < -0.4 is 10.1 Å². The molecule has 100 valence electrons. The van der Waals surface area contributed by atoms with Crippen molar-refractivity contribution in [1.29, 1.82) is 0 Å². The largest absolute Gasteiger partial charge is 0.503 e. The van der Waals surface area contributed by atoms with Gasteiger partial charge in [0.1, 0.15) is 5.60 Å². The number of pyridine rings is 1. The summed E-state index contributed by atoms with van der Waals surface area (Å²) in [4.78, 5) is 15.4. The van der Waals surface area contributed by atoms with E-state index in [0.29, 0.717) is 5.69 Å². The smallest absolute Gasteiger partial charge is 0.407 e. The average Bonchev–Trinajstić information content (AvgIpc) is 2.25. The van der Waals surface area contributed by atoms with E-state index >= 15 is 0 Å². The van der Waals surface area contributed by atoms with Crippen LogP contribution in [-0.4, -0.2) is 28.9 Å². The van der Waals surface area contributed by atoms with Crippen molar-refractivity contribution < 1.29 is 19.4 Å². The molecule has 1 aromatic heterocycles. The molecule has 1 heterocycles. The summed E-state index contributed by atoms with van der Waals surface area (Å²) < 4.78 is 9.95. The van der Waals surface area contributed by atoms with E-state index in [9.17, 15) is 9.90 Å². The predicted molar refractivity (Wildman–Crippen MR) is 65.5 cm³/mol. The molecule has 0 aliphatic heterocycles. The molecule has 0 saturated carbocycles. The number of carbonyl (C=O) groups is 1. The fourth-order valence-corrected chi connectivity index (χ4v) is 1.20. The second kappa shape index (κ2) is 5.57. The Balaban J connectivity index is 2.56. The fraction of sp³-hybridized carbons (Fsp3) is 0.500. The summed E-state index contributed by atoms with van der Waals surface area (Å²) in [5.41, 5.74) is 0.0277. The Morgan fingerprint density at radius 1 is 1.44 bits per heavy atom. The molecule has 1 rings (SSSR count). The van der Waals surface area contributed by atoms with Crippen LogP contribution in [0.15, 0.2) is 12.1 Å². The number of methoxy groups -OCH3 is 1. The van der Waals surface area contributed by atoms with Gasteiger partial charge in [-0.15, -0.1) is 0 Å². The van der Waals surface area contributed by atoms with E-state index in [1.165, 1.54) is 13.2 Å². The minimum Gasteiger partial charge on any atom is -0.503 e. The van der Waals surface area contributed by atoms with E-state index in [-0.39, 0.29) is 18.2 Å². The standard InChI is InChI=1S/C12H18N2O4/c1-12(2,3)18-11(16)13-7-8-5-6-9(15)10(14-8)17-4/h5-6,15H,7H2,1-4H3,(H,13,16). The zero-order valence-corrected chi connectivity index (χ0v) is 11.0. The number of nitrogens with one attached hydrogen (secondary N) is 1. The second-order valence-corrected chi connectivity index (χ2v) is 4.69. The van der Waals surface area contributed by atoms with Gasteiger partial charge < -0.3 is 19.9 Å². The van der Waals surface area contributed by atoms with Gasteiger partial charge in [0.2, 0.25) is 0 Å². The van der Waals surface area contributed by atoms with Crippen LogP contribution in [0.2, 0.25) is 0 Å². The summed E-state index contributed by atoms with van der Waals surface area (Å²) in [5.74, 6) is 0.0806. The van der Waals surface area contributed by atoms with Crippen molar-refractivity contribution in [3.8, 4) is 11.6 Å². The topological polar surface area (TPSA) is 80.7 Å². The number of hydrogen-bond acceptors (Lipinski definition) is 5. The minimum atomic E-state index is -0.538. The molecule has 0 unspecified atom stereocenters. The quantitative estimate of drug-likeness (QED) is 0.860. The van der Waals surface area contributed by atoms with Crippen molar-refractivity contribution in [3.05, 3.63) is 17.8 Å². The lowest BCUT2D eigenvalue weighted by Gasteiger charge is -2.19. The fourth-order valence-electron chi connectivity index (χ4n) is 1.20. The van der Waals surface area contributed by atoms with Crippen LogP contribution in [0.5, 0.6) is 11.6 Å². The van der Waals surface area contributed by atoms with Crippen molar-refractivity contribution in [1.82, 2.24) is 10.3 Å². The number of carbonyl (C=O) groups excluding carboxylic acids is 1. The van der Waals surface area contributed by atoms with Crippen LogP contribution in [0.3, 0.4) is 0 Å². The number of amides is 1. The Morgan fingerprint density at radius 3 is 2.67 bits per heavy atom. The normalized spacial score (nSPS) is 10.9. The number of aromatic nitrogens is 1. The maximum atomic E-state index is 11.4. The number of rotatable bonds is 3. The van der Waals surface area contributed by atoms with Gasteiger partial charge in [-0.3, -0.25) is 0 Å². The Labute approximate surface area is 106 Å². The van der Waals surface area contributed by atoms with Crippen LogP contribution in [0, 0.1) is 0 Å². The highest BCUT2D eigenvalue weighted by atomic mass is 16.6. The second-order valence-electron chi connectivity index (χ2n) is 4.69. The molecule has 0 aliphatic carbocycles. The van der Waals surface area contributed by atoms with Crippen molar-refractivity contribution in [2.75, 3.05) is 7.11 Å². The third-order valence-corrected chi connectivity index (χ3v) is 1.90. The molecule has 0 atom stereocenters. The summed E-state index contributed by atoms with van der Waals surface area (Å²) in [5, 5.41) is 11.9. The highest BCUT2D eigenvalue weighted by molar-refractivity contribution is 5.67. The summed E-state index contributed by atoms with van der Waals surface area (Å²) >= 11 is 0. The summed E-state index contributed by atoms with van der Waals surface area (Å²) in [6.07, 6.45) is -0.517. The van der Waals surface area contributed by atoms with E-state index < -0.39 is 11.7 Å². The summed E-state index contributed by atoms with van der Waals surface area (Å²) in [7, 11) is 1.41. The molecule has 0 aromatic carbocycles. The van der Waals surface area contributed by atoms with Gasteiger partial charge in [-0.2, -0.15) is 0 Å². The van der Waals surface area contributed by atoms with Gasteiger partial charge in [0, 0.05) is 0 Å². The molecule has 1 amide bonds. The zero-order chi connectivity index (χ0) is 13.8. The van der Waals surface area contributed by atoms with Crippen molar-refractivity contribution in [2.45, 2.75) is 32.9 Å². The number of nitrogens with zero attached hydrogens (tertiary/aromatic N) is 1. The van der Waals surface area contributed by atoms with Crippen LogP contribution in [-0.2, 0) is 11.3 Å². The van der Waals surface area contributed by atoms with E-state index in [0.717, 1.165) is 0 Å². The van der Waals surface area contributed by atoms with E-state index in [1.54, 1.807) is 26.8 Å². The van der Waals surface area contributed by atoms with Gasteiger partial charge in [-0.1, -0.05) is 0 Å². The van der Waals surface area contributed by atoms with Gasteiger partial charge in [0.15, 0.2) is 5.75 Å². The highest BCUT2D eigenvalue weighted by Crippen LogP contribution is 2.22. The van der Waals surface area contributed by atoms with Crippen LogP contribution in [0.1, 0.15) is 26.5 Å². The number of ether oxygens (including phenoxy) is 2. The van der Waals surface area contributed by atoms with Gasteiger partial charge in [0.05, 0.1) is 19.3 Å². The van der Waals surface area contributed by atoms with E-state index in [2.05, 4.69) is 10.3 Å². The van der Waals surface area contributed by atoms with Crippen LogP contribution in [0.4, 0.5) is 4.79 Å². The molecule has 18 heavy (non-hydrogen) atoms. The molecule has 0 saturated heterocycles. The van der Waals surface area contributed by atoms with Gasteiger partial charge in [0.25, 0.3) is 5.88 Å². The zero-order valence-electron chi connectivity index (χ0n) is 11.0. The lowest BCUT2D eigenvalue weighted by Crippen LogP contribution is -2.32. The highest BCUT2D eigenvalue weighted by Gasteiger charge is 2.16. The van der Waals surface area contributed by atoms with Crippen LogP contribution in [0.25, 0.3) is 0 Å². The molecule has 0 aliphatic rings. The van der Waals surface area contributed by atoms with E-state index in [1.807, 2.05) is 0 Å². The van der Waals surface area contributed by atoms with Gasteiger partial charge in [-0.25, -0.2) is 9.78 Å². The Kier molecular flexibility index (Phi) is 4.36. The molecule has 6 nitrogen and oxygen atoms in total. The lowest BCUT2D eigenvalue weighted by atomic mass is 10.2. The molecular formula is C12H18N2O4. The molecule has 0 spiro atoms. The third kappa shape index (κ3) is 4.48. The van der Waals surface area contributed by atoms with Gasteiger partial charge in [-0.05, 0) is 32.9 Å². The maximum absolute atomic E-state index is 11.4. The SMILES string of the molecule is COc1nc(CNC(=O)OC(C)(C)C)ccc1O. The number of aromatic hydroxyl groups is 1. The molecule has 2 N–H and O–H groups in total. The summed E-state index contributed by atoms with van der Waals surface area (Å²) in [6, 6.07) is 3.05. The molecule has 0 fully saturated rings. The van der Waals surface area contributed by atoms with Crippen molar-refractivity contribution >= 4 is 6.09 Å². The van der Waals surface area contributed by atoms with Gasteiger partial charge >= 0.3 is 6.09 Å². The first-order valence-electron chi connectivity index (χ1n) is 5.51. The monoisotopic (exact) mass is 254 g/mol. The maximum Gasteiger partial charge on any atom is 0.407 e. The number of alkyl carbamates (subject to hydrolysis) is 1. The van der Waals surface area contributed by atoms with Crippen LogP contribution >= 0.6 is 0 Å². The van der Waals surface area contributed by atoms with E-state index in [4.69, 9.17) is 9.47 Å². The first kappa shape index (κ1) is 14.1. The Bertz CT molecular complexity index is 427. The third-order valence-electron chi connectivity index (χ3n) is 1.90. The Morgan fingerprint density at radius 2 is 2.11 bits per heavy atom. The molecule has 6 heteroatoms. The first-order chi connectivity index (χ1) is 8.31. The average molecular weight is 254 g/mol. The molecular weight excluding hydrogens is 236 g/mol. The Hall–Kier alpha value is -1.98. The molecule has 0 radical (unpaired) electrons. The number of hydrogen-bond donors (Lipinski definition) is 2. The lowest BCUT2D eigenvalue weighted by molar-refractivity contribution is 0.0523. The molecule has 0 bridgehead atoms. The minimum absolute atomic E-state index is 0.0430.